The first-order valence-corrected chi connectivity index (χ1v) is 4.09. The van der Waals surface area contributed by atoms with Gasteiger partial charge >= 0.3 is 5.30 Å². The van der Waals surface area contributed by atoms with Gasteiger partial charge in [0.15, 0.2) is 0 Å². The summed E-state index contributed by atoms with van der Waals surface area (Å²) in [5.41, 5.74) is 0. The van der Waals surface area contributed by atoms with Crippen LogP contribution >= 0.6 is 11.8 Å². The zero-order chi connectivity index (χ0) is 7.11. The molecule has 0 amide bonds. The van der Waals surface area contributed by atoms with Crippen molar-refractivity contribution in [2.75, 3.05) is 5.75 Å². The van der Waals surface area contributed by atoms with Crippen LogP contribution in [0.15, 0.2) is 0 Å². The number of hydrogen-bond donors (Lipinski definition) is 0. The molecular weight excluding hydrogens is 136 g/mol. The molecule has 0 fully saturated rings. The van der Waals surface area contributed by atoms with Crippen LogP contribution in [0.5, 0.6) is 0 Å². The third-order valence-electron chi connectivity index (χ3n) is 0.968. The van der Waals surface area contributed by atoms with Gasteiger partial charge in [0.25, 0.3) is 0 Å². The van der Waals surface area contributed by atoms with Gasteiger partial charge in [0.1, 0.15) is 0 Å². The van der Waals surface area contributed by atoms with E-state index in [9.17, 15) is 9.90 Å². The maximum Gasteiger partial charge on any atom is 0.413 e. The molecule has 0 N–H and O–H groups in total. The van der Waals surface area contributed by atoms with E-state index in [1.165, 1.54) is 0 Å². The van der Waals surface area contributed by atoms with Crippen LogP contribution in [0.1, 0.15) is 26.2 Å². The summed E-state index contributed by atoms with van der Waals surface area (Å²) in [6.07, 6.45) is 3.23. The van der Waals surface area contributed by atoms with Crippen molar-refractivity contribution in [2.24, 2.45) is 0 Å². The van der Waals surface area contributed by atoms with Gasteiger partial charge in [0.2, 0.25) is 0 Å². The van der Waals surface area contributed by atoms with Crippen molar-refractivity contribution in [2.45, 2.75) is 26.2 Å². The van der Waals surface area contributed by atoms with Crippen LogP contribution in [-0.2, 0) is 5.11 Å². The summed E-state index contributed by atoms with van der Waals surface area (Å²) in [5.74, 6) is 0.691. The molecule has 0 aliphatic heterocycles. The van der Waals surface area contributed by atoms with Gasteiger partial charge in [-0.1, -0.05) is 19.8 Å². The van der Waals surface area contributed by atoms with Gasteiger partial charge in [-0.05, 0) is 18.2 Å². The van der Waals surface area contributed by atoms with Crippen molar-refractivity contribution in [1.82, 2.24) is 0 Å². The number of hydrogen-bond acceptors (Lipinski definition) is 2. The highest BCUT2D eigenvalue weighted by molar-refractivity contribution is 8.13. The van der Waals surface area contributed by atoms with Crippen LogP contribution in [0.3, 0.4) is 0 Å². The van der Waals surface area contributed by atoms with Crippen molar-refractivity contribution in [3.05, 3.63) is 0 Å². The minimum Gasteiger partial charge on any atom is -0.234 e. The molecule has 0 atom stereocenters. The highest BCUT2D eigenvalue weighted by atomic mass is 32.2. The number of unbranched alkanes of at least 4 members (excludes halogenated alkanes) is 2. The average molecular weight is 147 g/mol. The van der Waals surface area contributed by atoms with Gasteiger partial charge in [-0.25, -0.2) is 9.90 Å². The predicted molar refractivity (Wildman–Crippen MR) is 38.1 cm³/mol. The van der Waals surface area contributed by atoms with E-state index in [0.29, 0.717) is 5.75 Å². The van der Waals surface area contributed by atoms with Crippen LogP contribution in [0.4, 0.5) is 4.79 Å². The van der Waals surface area contributed by atoms with Gasteiger partial charge in [-0.15, -0.1) is 0 Å². The molecule has 3 heteroatoms. The van der Waals surface area contributed by atoms with Crippen LogP contribution in [0.25, 0.3) is 0 Å². The highest BCUT2D eigenvalue weighted by Gasteiger charge is 1.97. The third kappa shape index (κ3) is 7.82. The lowest BCUT2D eigenvalue weighted by atomic mass is 10.3. The molecule has 0 saturated heterocycles. The molecule has 9 heavy (non-hydrogen) atoms. The largest absolute Gasteiger partial charge is 0.413 e. The molecule has 0 aromatic heterocycles. The molecule has 0 saturated carbocycles. The summed E-state index contributed by atoms with van der Waals surface area (Å²) in [5, 5.41) is 8.81. The van der Waals surface area contributed by atoms with Crippen LogP contribution in [0.2, 0.25) is 0 Å². The van der Waals surface area contributed by atoms with Crippen molar-refractivity contribution < 1.29 is 9.90 Å². The van der Waals surface area contributed by atoms with E-state index < -0.39 is 5.30 Å². The van der Waals surface area contributed by atoms with Gasteiger partial charge in [0.05, 0.1) is 0 Å². The SMILES string of the molecule is CCCCCSC([O])=O. The summed E-state index contributed by atoms with van der Waals surface area (Å²) in [7, 11) is 0. The molecule has 0 unspecified atom stereocenters. The Balaban J connectivity index is 2.83. The van der Waals surface area contributed by atoms with Crippen molar-refractivity contribution in [3.63, 3.8) is 0 Å². The molecule has 0 rings (SSSR count). The normalized spacial score (nSPS) is 9.44. The molecule has 0 aromatic carbocycles. The molecule has 53 valence electrons. The van der Waals surface area contributed by atoms with Crippen LogP contribution < -0.4 is 0 Å². The molecule has 0 bridgehead atoms. The van der Waals surface area contributed by atoms with Crippen molar-refractivity contribution in [1.29, 1.82) is 0 Å². The van der Waals surface area contributed by atoms with E-state index in [0.717, 1.165) is 31.0 Å². The van der Waals surface area contributed by atoms with Crippen molar-refractivity contribution in [3.8, 4) is 0 Å². The number of rotatable bonds is 4. The first-order chi connectivity index (χ1) is 4.27. The minimum absolute atomic E-state index is 0.691. The van der Waals surface area contributed by atoms with Crippen LogP contribution in [0, 0.1) is 0 Å². The van der Waals surface area contributed by atoms with Gasteiger partial charge < -0.3 is 0 Å². The predicted octanol–water partition coefficient (Wildman–Crippen LogP) is 2.46. The second-order valence-corrected chi connectivity index (χ2v) is 2.84. The molecule has 0 heterocycles. The molecule has 1 radical (unpaired) electrons. The smallest absolute Gasteiger partial charge is 0.234 e. The zero-order valence-electron chi connectivity index (χ0n) is 5.55. The van der Waals surface area contributed by atoms with E-state index >= 15 is 0 Å². The Hall–Kier alpha value is -0.180. The quantitative estimate of drug-likeness (QED) is 0.573. The second kappa shape index (κ2) is 5.95. The van der Waals surface area contributed by atoms with E-state index in [4.69, 9.17) is 0 Å². The van der Waals surface area contributed by atoms with Gasteiger partial charge in [-0.3, -0.25) is 0 Å². The lowest BCUT2D eigenvalue weighted by Crippen LogP contribution is -1.85. The summed E-state index contributed by atoms with van der Waals surface area (Å²) in [6.45, 7) is 2.09. The lowest BCUT2D eigenvalue weighted by Gasteiger charge is -1.91. The molecule has 2 nitrogen and oxygen atoms in total. The van der Waals surface area contributed by atoms with Crippen LogP contribution in [-0.4, -0.2) is 11.1 Å². The summed E-state index contributed by atoms with van der Waals surface area (Å²) < 4.78 is 0. The number of thioether (sulfide) groups is 1. The zero-order valence-corrected chi connectivity index (χ0v) is 6.37. The first-order valence-electron chi connectivity index (χ1n) is 3.11. The topological polar surface area (TPSA) is 37.0 Å². The van der Waals surface area contributed by atoms with Crippen molar-refractivity contribution >= 4 is 17.1 Å². The first kappa shape index (κ1) is 8.82. The molecule has 0 spiro atoms. The number of carbonyl (C=O) groups excluding carboxylic acids is 1. The fourth-order valence-corrected chi connectivity index (χ4v) is 1.02. The molecule has 0 aliphatic carbocycles. The second-order valence-electron chi connectivity index (χ2n) is 1.81. The maximum absolute atomic E-state index is 9.81. The van der Waals surface area contributed by atoms with E-state index in [1.54, 1.807) is 0 Å². The standard InChI is InChI=1S/C6H11O2S/c1-2-3-4-5-9-6(7)8/h2-5H2,1H3. The summed E-state index contributed by atoms with van der Waals surface area (Å²) >= 11 is 0.877. The van der Waals surface area contributed by atoms with Gasteiger partial charge in [0, 0.05) is 5.75 Å². The Labute approximate surface area is 59.6 Å². The Morgan fingerprint density at radius 2 is 2.11 bits per heavy atom. The van der Waals surface area contributed by atoms with E-state index in [-0.39, 0.29) is 0 Å². The Morgan fingerprint density at radius 1 is 1.44 bits per heavy atom. The maximum atomic E-state index is 9.81. The van der Waals surface area contributed by atoms with E-state index in [2.05, 4.69) is 6.92 Å². The average Bonchev–Trinajstić information content (AvgIpc) is 1.80. The Bertz CT molecular complexity index is 83.1. The van der Waals surface area contributed by atoms with Gasteiger partial charge in [-0.2, -0.15) is 0 Å². The van der Waals surface area contributed by atoms with E-state index in [1.807, 2.05) is 0 Å². The molecular formula is C6H11O2S. The summed E-state index contributed by atoms with van der Waals surface area (Å²) in [4.78, 5) is 9.81. The number of carbonyl (C=O) groups is 1. The Kier molecular flexibility index (Phi) is 5.83. The fraction of sp³-hybridized carbons (Fsp3) is 0.833. The molecule has 0 aromatic rings. The molecule has 0 aliphatic rings. The highest BCUT2D eigenvalue weighted by Crippen LogP contribution is 2.06. The monoisotopic (exact) mass is 147 g/mol. The lowest BCUT2D eigenvalue weighted by molar-refractivity contribution is 0.199. The Morgan fingerprint density at radius 3 is 2.56 bits per heavy atom. The fourth-order valence-electron chi connectivity index (χ4n) is 0.508. The third-order valence-corrected chi connectivity index (χ3v) is 1.70. The summed E-state index contributed by atoms with van der Waals surface area (Å²) in [6, 6.07) is 0. The minimum atomic E-state index is -1.01.